The summed E-state index contributed by atoms with van der Waals surface area (Å²) in [5, 5.41) is 10.6. The highest BCUT2D eigenvalue weighted by Crippen LogP contribution is 2.10. The van der Waals surface area contributed by atoms with Gasteiger partial charge in [0.1, 0.15) is 0 Å². The Bertz CT molecular complexity index is 1340. The zero-order valence-corrected chi connectivity index (χ0v) is 17.3. The molecule has 162 valence electrons. The Morgan fingerprint density at radius 3 is 2.41 bits per heavy atom. The van der Waals surface area contributed by atoms with Gasteiger partial charge in [0.05, 0.1) is 5.69 Å². The Kier molecular flexibility index (Phi) is 6.02. The van der Waals surface area contributed by atoms with Crippen LogP contribution in [0.15, 0.2) is 74.8 Å². The van der Waals surface area contributed by atoms with Crippen LogP contribution >= 0.6 is 0 Å². The number of benzene rings is 2. The van der Waals surface area contributed by atoms with Gasteiger partial charge in [0.15, 0.2) is 5.69 Å². The predicted octanol–water partition coefficient (Wildman–Crippen LogP) is 1.44. The lowest BCUT2D eigenvalue weighted by Crippen LogP contribution is -2.41. The van der Waals surface area contributed by atoms with Crippen molar-refractivity contribution in [2.45, 2.75) is 19.9 Å². The van der Waals surface area contributed by atoms with E-state index in [1.165, 1.54) is 0 Å². The zero-order valence-electron chi connectivity index (χ0n) is 17.3. The number of carbonyl (C=O) groups is 1. The van der Waals surface area contributed by atoms with Gasteiger partial charge in [0, 0.05) is 13.1 Å². The standard InChI is InChI=1S/C22H20N6O4/c1-2-27-21(30)17(25-28(22(27)31)16-11-7-4-8-12-16)18-24-20(32-26-18)19(29)23-14-13-15-9-5-3-6-10-15/h3-12H,2,13-14H2,1H3,(H,23,29). The minimum Gasteiger partial charge on any atom is -0.347 e. The van der Waals surface area contributed by atoms with Gasteiger partial charge >= 0.3 is 17.5 Å². The number of amides is 1. The van der Waals surface area contributed by atoms with E-state index in [4.69, 9.17) is 4.52 Å². The fraction of sp³-hybridized carbons (Fsp3) is 0.182. The zero-order chi connectivity index (χ0) is 22.5. The summed E-state index contributed by atoms with van der Waals surface area (Å²) >= 11 is 0. The largest absolute Gasteiger partial charge is 0.352 e. The van der Waals surface area contributed by atoms with Crippen LogP contribution in [0.2, 0.25) is 0 Å². The van der Waals surface area contributed by atoms with E-state index in [2.05, 4.69) is 20.6 Å². The van der Waals surface area contributed by atoms with Crippen LogP contribution in [-0.2, 0) is 13.0 Å². The molecule has 0 fully saturated rings. The molecular formula is C22H20N6O4. The molecule has 0 atom stereocenters. The summed E-state index contributed by atoms with van der Waals surface area (Å²) in [6.07, 6.45) is 0.637. The van der Waals surface area contributed by atoms with Crippen LogP contribution < -0.4 is 16.6 Å². The van der Waals surface area contributed by atoms with Gasteiger partial charge in [0.25, 0.3) is 5.56 Å². The third kappa shape index (κ3) is 4.24. The summed E-state index contributed by atoms with van der Waals surface area (Å²) < 4.78 is 7.15. The molecule has 4 aromatic rings. The Morgan fingerprint density at radius 1 is 1.03 bits per heavy atom. The normalized spacial score (nSPS) is 10.8. The lowest BCUT2D eigenvalue weighted by molar-refractivity contribution is 0.0910. The summed E-state index contributed by atoms with van der Waals surface area (Å²) in [6, 6.07) is 18.4. The van der Waals surface area contributed by atoms with Gasteiger partial charge in [0.2, 0.25) is 5.82 Å². The molecule has 32 heavy (non-hydrogen) atoms. The fourth-order valence-corrected chi connectivity index (χ4v) is 3.12. The average Bonchev–Trinajstić information content (AvgIpc) is 3.31. The summed E-state index contributed by atoms with van der Waals surface area (Å²) in [6.45, 7) is 2.18. The summed E-state index contributed by atoms with van der Waals surface area (Å²) in [7, 11) is 0. The summed E-state index contributed by atoms with van der Waals surface area (Å²) in [4.78, 5) is 41.9. The maximum Gasteiger partial charge on any atom is 0.352 e. The number of para-hydroxylation sites is 1. The van der Waals surface area contributed by atoms with E-state index in [1.807, 2.05) is 30.3 Å². The first-order chi connectivity index (χ1) is 15.6. The molecule has 1 N–H and O–H groups in total. The second kappa shape index (κ2) is 9.21. The van der Waals surface area contributed by atoms with Gasteiger partial charge in [-0.1, -0.05) is 53.7 Å². The molecule has 4 rings (SSSR count). The van der Waals surface area contributed by atoms with Crippen molar-refractivity contribution in [3.63, 3.8) is 0 Å². The lowest BCUT2D eigenvalue weighted by atomic mass is 10.1. The molecule has 0 unspecified atom stereocenters. The number of rotatable bonds is 7. The molecule has 0 aliphatic heterocycles. The van der Waals surface area contributed by atoms with E-state index in [0.717, 1.165) is 14.8 Å². The van der Waals surface area contributed by atoms with Gasteiger partial charge in [-0.3, -0.25) is 14.2 Å². The molecule has 2 heterocycles. The summed E-state index contributed by atoms with van der Waals surface area (Å²) in [5.41, 5.74) is 0.105. The van der Waals surface area contributed by atoms with Crippen molar-refractivity contribution < 1.29 is 9.32 Å². The third-order valence-electron chi connectivity index (χ3n) is 4.75. The Morgan fingerprint density at radius 2 is 1.72 bits per heavy atom. The van der Waals surface area contributed by atoms with Crippen molar-refractivity contribution in [1.82, 2.24) is 29.8 Å². The Balaban J connectivity index is 1.60. The Hall–Kier alpha value is -4.34. The van der Waals surface area contributed by atoms with E-state index in [0.29, 0.717) is 18.7 Å². The number of hydrogen-bond acceptors (Lipinski definition) is 7. The molecule has 10 heteroatoms. The topological polar surface area (TPSA) is 125 Å². The van der Waals surface area contributed by atoms with E-state index >= 15 is 0 Å². The molecular weight excluding hydrogens is 412 g/mol. The molecule has 0 saturated carbocycles. The van der Waals surface area contributed by atoms with Crippen LogP contribution in [0.1, 0.15) is 23.2 Å². The van der Waals surface area contributed by atoms with Crippen molar-refractivity contribution in [3.8, 4) is 17.2 Å². The highest BCUT2D eigenvalue weighted by Gasteiger charge is 2.22. The van der Waals surface area contributed by atoms with Gasteiger partial charge in [-0.2, -0.15) is 14.8 Å². The molecule has 2 aromatic heterocycles. The predicted molar refractivity (Wildman–Crippen MR) is 116 cm³/mol. The molecule has 0 saturated heterocycles. The highest BCUT2D eigenvalue weighted by atomic mass is 16.5. The van der Waals surface area contributed by atoms with Gasteiger partial charge in [-0.15, -0.1) is 0 Å². The molecule has 0 bridgehead atoms. The maximum atomic E-state index is 12.8. The molecule has 0 aliphatic carbocycles. The molecule has 1 amide bonds. The van der Waals surface area contributed by atoms with Crippen LogP contribution in [0, 0.1) is 0 Å². The minimum atomic E-state index is -0.665. The maximum absolute atomic E-state index is 12.8. The van der Waals surface area contributed by atoms with Crippen LogP contribution in [0.25, 0.3) is 17.2 Å². The van der Waals surface area contributed by atoms with Gasteiger partial charge in [-0.25, -0.2) is 4.79 Å². The van der Waals surface area contributed by atoms with Crippen molar-refractivity contribution in [1.29, 1.82) is 0 Å². The number of nitrogens with zero attached hydrogens (tertiary/aromatic N) is 5. The smallest absolute Gasteiger partial charge is 0.347 e. The van der Waals surface area contributed by atoms with Crippen molar-refractivity contribution in [3.05, 3.63) is 93.0 Å². The first-order valence-corrected chi connectivity index (χ1v) is 10.0. The van der Waals surface area contributed by atoms with Crippen molar-refractivity contribution in [2.24, 2.45) is 0 Å². The van der Waals surface area contributed by atoms with E-state index in [-0.39, 0.29) is 24.0 Å². The lowest BCUT2D eigenvalue weighted by Gasteiger charge is -2.09. The van der Waals surface area contributed by atoms with Gasteiger partial charge < -0.3 is 9.84 Å². The number of nitrogens with one attached hydrogen (secondary N) is 1. The first kappa shape index (κ1) is 20.9. The average molecular weight is 432 g/mol. The molecule has 0 aliphatic rings. The fourth-order valence-electron chi connectivity index (χ4n) is 3.12. The highest BCUT2D eigenvalue weighted by molar-refractivity contribution is 5.89. The van der Waals surface area contributed by atoms with E-state index in [1.54, 1.807) is 37.3 Å². The molecule has 0 radical (unpaired) electrons. The van der Waals surface area contributed by atoms with Gasteiger partial charge in [-0.05, 0) is 31.0 Å². The van der Waals surface area contributed by atoms with Crippen LogP contribution in [0.5, 0.6) is 0 Å². The van der Waals surface area contributed by atoms with E-state index in [9.17, 15) is 14.4 Å². The molecule has 0 spiro atoms. The van der Waals surface area contributed by atoms with Crippen molar-refractivity contribution in [2.75, 3.05) is 6.54 Å². The SMILES string of the molecule is CCn1c(=O)c(-c2noc(C(=O)NCCc3ccccc3)n2)nn(-c2ccccc2)c1=O. The number of aromatic nitrogens is 5. The summed E-state index contributed by atoms with van der Waals surface area (Å²) in [5.74, 6) is -1.03. The number of carbonyl (C=O) groups excluding carboxylic acids is 1. The van der Waals surface area contributed by atoms with Crippen LogP contribution in [0.4, 0.5) is 0 Å². The quantitative estimate of drug-likeness (QED) is 0.468. The van der Waals surface area contributed by atoms with E-state index < -0.39 is 17.2 Å². The minimum absolute atomic E-state index is 0.130. The third-order valence-corrected chi connectivity index (χ3v) is 4.75. The second-order valence-electron chi connectivity index (χ2n) is 6.84. The van der Waals surface area contributed by atoms with Crippen LogP contribution in [-0.4, -0.2) is 36.9 Å². The van der Waals surface area contributed by atoms with Crippen molar-refractivity contribution >= 4 is 5.91 Å². The van der Waals surface area contributed by atoms with Crippen LogP contribution in [0.3, 0.4) is 0 Å². The molecule has 2 aromatic carbocycles. The number of hydrogen-bond donors (Lipinski definition) is 1. The monoisotopic (exact) mass is 432 g/mol. The first-order valence-electron chi connectivity index (χ1n) is 10.0. The molecule has 10 nitrogen and oxygen atoms in total. The Labute approximate surface area is 182 Å². The second-order valence-corrected chi connectivity index (χ2v) is 6.84.